The van der Waals surface area contributed by atoms with E-state index in [4.69, 9.17) is 9.47 Å². The van der Waals surface area contributed by atoms with Crippen molar-refractivity contribution in [1.82, 2.24) is 5.32 Å². The molecule has 0 bridgehead atoms. The van der Waals surface area contributed by atoms with Gasteiger partial charge in [-0.15, -0.1) is 0 Å². The van der Waals surface area contributed by atoms with Crippen LogP contribution < -0.4 is 19.7 Å². The van der Waals surface area contributed by atoms with E-state index in [1.165, 1.54) is 42.5 Å². The second kappa shape index (κ2) is 10.6. The summed E-state index contributed by atoms with van der Waals surface area (Å²) in [4.78, 5) is 38.8. The maximum absolute atomic E-state index is 13.5. The maximum Gasteiger partial charge on any atom is 0.335 e. The van der Waals surface area contributed by atoms with Gasteiger partial charge in [-0.3, -0.25) is 14.9 Å². The highest BCUT2D eigenvalue weighted by molar-refractivity contribution is 9.10. The summed E-state index contributed by atoms with van der Waals surface area (Å²) in [5.74, 6) is -1.38. The Bertz CT molecular complexity index is 1370. The van der Waals surface area contributed by atoms with Gasteiger partial charge in [0.05, 0.1) is 16.8 Å². The van der Waals surface area contributed by atoms with Gasteiger partial charge in [0.1, 0.15) is 23.7 Å². The number of phenolic OH excluding ortho intramolecular Hbond substituents is 1. The Morgan fingerprint density at radius 3 is 2.50 bits per heavy atom. The molecule has 1 heterocycles. The van der Waals surface area contributed by atoms with Crippen LogP contribution in [0.5, 0.6) is 17.2 Å². The average molecular weight is 555 g/mol. The maximum atomic E-state index is 13.5. The van der Waals surface area contributed by atoms with Gasteiger partial charge in [0.25, 0.3) is 11.8 Å². The first-order valence-corrected chi connectivity index (χ1v) is 11.6. The number of aromatic hydroxyl groups is 1. The van der Waals surface area contributed by atoms with Gasteiger partial charge in [0.15, 0.2) is 11.5 Å². The molecule has 0 unspecified atom stereocenters. The van der Waals surface area contributed by atoms with Crippen molar-refractivity contribution in [3.63, 3.8) is 0 Å². The van der Waals surface area contributed by atoms with Crippen molar-refractivity contribution in [3.05, 3.63) is 87.7 Å². The fraction of sp³-hybridized carbons (Fsp3) is 0.115. The molecule has 3 aromatic carbocycles. The van der Waals surface area contributed by atoms with Crippen molar-refractivity contribution in [2.45, 2.75) is 13.5 Å². The second-order valence-electron chi connectivity index (χ2n) is 7.66. The summed E-state index contributed by atoms with van der Waals surface area (Å²) in [6.45, 7) is 2.18. The fourth-order valence-electron chi connectivity index (χ4n) is 3.52. The van der Waals surface area contributed by atoms with Crippen molar-refractivity contribution in [1.29, 1.82) is 0 Å². The number of anilines is 1. The van der Waals surface area contributed by atoms with Crippen LogP contribution in [0.4, 0.5) is 14.9 Å². The summed E-state index contributed by atoms with van der Waals surface area (Å²) >= 11 is 3.43. The minimum atomic E-state index is -0.898. The Labute approximate surface area is 214 Å². The number of nitrogens with one attached hydrogen (secondary N) is 1. The SMILES string of the molecule is CCOc1cc(/C=C2\C(=O)NC(=O)N(c3ccc(O)cc3)C2=O)cc(Br)c1OCc1cccc(F)c1. The Morgan fingerprint density at radius 1 is 1.06 bits per heavy atom. The molecular weight excluding hydrogens is 535 g/mol. The molecule has 0 aromatic heterocycles. The number of nitrogens with zero attached hydrogens (tertiary/aromatic N) is 1. The number of hydrogen-bond donors (Lipinski definition) is 2. The molecule has 10 heteroatoms. The summed E-state index contributed by atoms with van der Waals surface area (Å²) < 4.78 is 25.5. The number of halogens is 2. The van der Waals surface area contributed by atoms with E-state index in [-0.39, 0.29) is 29.4 Å². The predicted molar refractivity (Wildman–Crippen MR) is 133 cm³/mol. The molecule has 3 aromatic rings. The lowest BCUT2D eigenvalue weighted by atomic mass is 10.1. The zero-order chi connectivity index (χ0) is 25.8. The number of imide groups is 2. The van der Waals surface area contributed by atoms with Crippen LogP contribution in [0.15, 0.2) is 70.7 Å². The first-order chi connectivity index (χ1) is 17.3. The zero-order valence-electron chi connectivity index (χ0n) is 19.0. The molecule has 184 valence electrons. The molecular formula is C26H20BrFN2O6. The molecule has 0 aliphatic carbocycles. The summed E-state index contributed by atoms with van der Waals surface area (Å²) in [6, 6.07) is 13.7. The normalized spacial score (nSPS) is 14.7. The van der Waals surface area contributed by atoms with E-state index in [1.807, 2.05) is 0 Å². The Balaban J connectivity index is 1.65. The number of carbonyl (C=O) groups is 3. The van der Waals surface area contributed by atoms with Crippen LogP contribution in [-0.2, 0) is 16.2 Å². The lowest BCUT2D eigenvalue weighted by Crippen LogP contribution is -2.54. The number of phenols is 1. The first kappa shape index (κ1) is 24.9. The van der Waals surface area contributed by atoms with Gasteiger partial charge in [0, 0.05) is 0 Å². The highest BCUT2D eigenvalue weighted by Crippen LogP contribution is 2.38. The van der Waals surface area contributed by atoms with Crippen LogP contribution in [0.3, 0.4) is 0 Å². The van der Waals surface area contributed by atoms with Gasteiger partial charge in [-0.2, -0.15) is 0 Å². The molecule has 4 amide bonds. The quantitative estimate of drug-likeness (QED) is 0.316. The van der Waals surface area contributed by atoms with E-state index in [1.54, 1.807) is 31.2 Å². The highest BCUT2D eigenvalue weighted by atomic mass is 79.9. The Hall–Kier alpha value is -4.18. The largest absolute Gasteiger partial charge is 0.508 e. The smallest absolute Gasteiger partial charge is 0.335 e. The summed E-state index contributed by atoms with van der Waals surface area (Å²) in [6.07, 6.45) is 1.33. The monoisotopic (exact) mass is 554 g/mol. The molecule has 8 nitrogen and oxygen atoms in total. The highest BCUT2D eigenvalue weighted by Gasteiger charge is 2.36. The molecule has 2 N–H and O–H groups in total. The van der Waals surface area contributed by atoms with E-state index in [2.05, 4.69) is 21.2 Å². The van der Waals surface area contributed by atoms with Crippen molar-refractivity contribution in [2.75, 3.05) is 11.5 Å². The molecule has 1 fully saturated rings. The van der Waals surface area contributed by atoms with Crippen molar-refractivity contribution in [3.8, 4) is 17.2 Å². The van der Waals surface area contributed by atoms with Crippen LogP contribution in [0.25, 0.3) is 6.08 Å². The molecule has 1 aliphatic rings. The van der Waals surface area contributed by atoms with Gasteiger partial charge >= 0.3 is 6.03 Å². The number of barbiturate groups is 1. The van der Waals surface area contributed by atoms with E-state index in [9.17, 15) is 23.9 Å². The predicted octanol–water partition coefficient (Wildman–Crippen LogP) is 4.94. The third-order valence-corrected chi connectivity index (χ3v) is 5.71. The lowest BCUT2D eigenvalue weighted by molar-refractivity contribution is -0.122. The number of ether oxygens (including phenoxy) is 2. The first-order valence-electron chi connectivity index (χ1n) is 10.8. The fourth-order valence-corrected chi connectivity index (χ4v) is 4.09. The Kier molecular flexibility index (Phi) is 7.35. The number of hydrogen-bond acceptors (Lipinski definition) is 6. The molecule has 0 radical (unpaired) electrons. The van der Waals surface area contributed by atoms with Crippen molar-refractivity contribution < 1.29 is 33.4 Å². The van der Waals surface area contributed by atoms with E-state index in [0.717, 1.165) is 4.90 Å². The minimum Gasteiger partial charge on any atom is -0.508 e. The number of urea groups is 1. The van der Waals surface area contributed by atoms with Gasteiger partial charge in [-0.25, -0.2) is 14.1 Å². The molecule has 1 aliphatic heterocycles. The molecule has 0 atom stereocenters. The summed E-state index contributed by atoms with van der Waals surface area (Å²) in [5.41, 5.74) is 0.970. The average Bonchev–Trinajstić information content (AvgIpc) is 2.82. The van der Waals surface area contributed by atoms with E-state index >= 15 is 0 Å². The molecule has 0 saturated carbocycles. The van der Waals surface area contributed by atoms with E-state index in [0.29, 0.717) is 33.7 Å². The summed E-state index contributed by atoms with van der Waals surface area (Å²) in [7, 11) is 0. The number of rotatable bonds is 7. The lowest BCUT2D eigenvalue weighted by Gasteiger charge is -2.26. The van der Waals surface area contributed by atoms with Gasteiger partial charge < -0.3 is 14.6 Å². The van der Waals surface area contributed by atoms with Gasteiger partial charge in [0.2, 0.25) is 0 Å². The van der Waals surface area contributed by atoms with Crippen LogP contribution in [0, 0.1) is 5.82 Å². The number of benzene rings is 3. The van der Waals surface area contributed by atoms with Crippen LogP contribution in [-0.4, -0.2) is 29.6 Å². The third kappa shape index (κ3) is 5.38. The standard InChI is InChI=1S/C26H20BrFN2O6/c1-2-35-22-13-16(12-21(27)23(22)36-14-15-4-3-5-17(28)10-15)11-20-24(32)29-26(34)30(25(20)33)18-6-8-19(31)9-7-18/h3-13,31H,2,14H2,1H3,(H,29,32,34)/b20-11+. The molecule has 0 spiro atoms. The molecule has 36 heavy (non-hydrogen) atoms. The minimum absolute atomic E-state index is 0.0385. The van der Waals surface area contributed by atoms with Crippen LogP contribution >= 0.6 is 15.9 Å². The Morgan fingerprint density at radius 2 is 1.81 bits per heavy atom. The number of amides is 4. The molecule has 1 saturated heterocycles. The zero-order valence-corrected chi connectivity index (χ0v) is 20.5. The van der Waals surface area contributed by atoms with Crippen LogP contribution in [0.1, 0.15) is 18.1 Å². The third-order valence-electron chi connectivity index (χ3n) is 5.12. The topological polar surface area (TPSA) is 105 Å². The van der Waals surface area contributed by atoms with Crippen LogP contribution in [0.2, 0.25) is 0 Å². The van der Waals surface area contributed by atoms with E-state index < -0.39 is 17.8 Å². The second-order valence-corrected chi connectivity index (χ2v) is 8.51. The van der Waals surface area contributed by atoms with Crippen molar-refractivity contribution in [2.24, 2.45) is 0 Å². The van der Waals surface area contributed by atoms with Crippen molar-refractivity contribution >= 4 is 45.5 Å². The van der Waals surface area contributed by atoms with Gasteiger partial charge in [-0.05, 0) is 88.6 Å². The van der Waals surface area contributed by atoms with Gasteiger partial charge in [-0.1, -0.05) is 12.1 Å². The molecule has 4 rings (SSSR count). The number of carbonyl (C=O) groups excluding carboxylic acids is 3. The summed E-state index contributed by atoms with van der Waals surface area (Å²) in [5, 5.41) is 11.6.